The van der Waals surface area contributed by atoms with E-state index in [1.165, 1.54) is 24.3 Å². The average Bonchev–Trinajstić information content (AvgIpc) is 4.15. The molecule has 0 radical (unpaired) electrons. The smallest absolute Gasteiger partial charge is 0.123 e. The number of nitriles is 2. The van der Waals surface area contributed by atoms with E-state index in [2.05, 4.69) is 171 Å². The van der Waals surface area contributed by atoms with Gasteiger partial charge in [0.15, 0.2) is 0 Å². The van der Waals surface area contributed by atoms with Crippen LogP contribution in [0.4, 0.5) is 42.9 Å². The van der Waals surface area contributed by atoms with Crippen LogP contribution in [0.3, 0.4) is 0 Å². The van der Waals surface area contributed by atoms with Gasteiger partial charge in [0, 0.05) is 72.1 Å². The number of hydrogen-bond donors (Lipinski definition) is 0. The van der Waals surface area contributed by atoms with Crippen molar-refractivity contribution in [1.82, 2.24) is 9.13 Å². The van der Waals surface area contributed by atoms with Crippen molar-refractivity contribution in [3.63, 3.8) is 0 Å². The van der Waals surface area contributed by atoms with Gasteiger partial charge in [0.05, 0.1) is 51.0 Å². The highest BCUT2D eigenvalue weighted by Crippen LogP contribution is 2.50. The number of hydrogen-bond acceptors (Lipinski definition) is 4. The number of benzene rings is 12. The first-order valence-electron chi connectivity index (χ1n) is 25.7. The summed E-state index contributed by atoms with van der Waals surface area (Å²) in [5, 5.41) is 28.2. The Morgan fingerprint density at radius 2 is 0.654 bits per heavy atom. The Hall–Kier alpha value is -10.8. The predicted molar refractivity (Wildman–Crippen MR) is 314 cm³/mol. The van der Waals surface area contributed by atoms with Crippen LogP contribution >= 0.6 is 0 Å². The first kappa shape index (κ1) is 45.8. The van der Waals surface area contributed by atoms with Crippen molar-refractivity contribution in [2.24, 2.45) is 0 Å². The first-order valence-corrected chi connectivity index (χ1v) is 25.7. The highest BCUT2D eigenvalue weighted by molar-refractivity contribution is 6.23. The van der Waals surface area contributed by atoms with Crippen LogP contribution in [0.25, 0.3) is 87.7 Å². The van der Waals surface area contributed by atoms with Crippen molar-refractivity contribution in [1.29, 1.82) is 10.5 Å². The molecule has 8 heteroatoms. The van der Waals surface area contributed by atoms with E-state index in [0.717, 1.165) is 122 Å². The van der Waals surface area contributed by atoms with Gasteiger partial charge < -0.3 is 18.9 Å². The third-order valence-electron chi connectivity index (χ3n) is 15.0. The zero-order valence-corrected chi connectivity index (χ0v) is 41.7. The second kappa shape index (κ2) is 18.5. The van der Waals surface area contributed by atoms with Crippen LogP contribution < -0.4 is 9.80 Å². The van der Waals surface area contributed by atoms with Gasteiger partial charge in [0.25, 0.3) is 0 Å². The van der Waals surface area contributed by atoms with Crippen LogP contribution in [0.15, 0.2) is 255 Å². The minimum atomic E-state index is -0.287. The molecule has 366 valence electrons. The minimum absolute atomic E-state index is 0.285. The molecular formula is C70H42F2N6. The monoisotopic (exact) mass is 1000 g/mol. The van der Waals surface area contributed by atoms with Crippen LogP contribution in [0, 0.1) is 34.3 Å². The standard InChI is InChI=1S/C70H42F2N6/c71-48-23-33-53(34-24-48)77-65-15-7-5-9-57(65)63-41-55(37-39-67(63)77)75(50-27-17-45(43-73)18-28-50)51-31-21-47(22-32-51)69-59-11-1-3-13-61(59)70(62-14-4-2-12-60(62)69)76(52-29-19-46(44-74)20-30-52)56-38-40-68-64(42-56)58-10-6-8-16-66(58)78(68)54-35-25-49(72)26-36-54/h1-42H. The first-order chi connectivity index (χ1) is 38.4. The van der Waals surface area contributed by atoms with Gasteiger partial charge in [-0.1, -0.05) is 97.1 Å². The Labute approximate surface area is 447 Å². The number of para-hydroxylation sites is 2. The topological polar surface area (TPSA) is 63.9 Å². The van der Waals surface area contributed by atoms with Crippen LogP contribution in [0.1, 0.15) is 11.1 Å². The van der Waals surface area contributed by atoms with Crippen LogP contribution in [0.5, 0.6) is 0 Å². The average molecular weight is 1010 g/mol. The lowest BCUT2D eigenvalue weighted by molar-refractivity contribution is 0.627. The van der Waals surface area contributed by atoms with Gasteiger partial charge in [0.2, 0.25) is 0 Å². The molecule has 0 aliphatic carbocycles. The van der Waals surface area contributed by atoms with E-state index >= 15 is 0 Å². The Balaban J connectivity index is 0.937. The van der Waals surface area contributed by atoms with E-state index in [1.54, 1.807) is 0 Å². The lowest BCUT2D eigenvalue weighted by atomic mass is 9.89. The maximum atomic E-state index is 14.3. The highest BCUT2D eigenvalue weighted by atomic mass is 19.1. The molecular weight excluding hydrogens is 963 g/mol. The van der Waals surface area contributed by atoms with Crippen molar-refractivity contribution in [3.05, 3.63) is 278 Å². The third kappa shape index (κ3) is 7.51. The molecule has 0 atom stereocenters. The number of anilines is 6. The van der Waals surface area contributed by atoms with Gasteiger partial charge in [-0.3, -0.25) is 0 Å². The van der Waals surface area contributed by atoms with E-state index in [0.29, 0.717) is 11.1 Å². The van der Waals surface area contributed by atoms with E-state index < -0.39 is 0 Å². The highest BCUT2D eigenvalue weighted by Gasteiger charge is 2.25. The van der Waals surface area contributed by atoms with Gasteiger partial charge in [-0.2, -0.15) is 10.5 Å². The molecule has 0 N–H and O–H groups in total. The normalized spacial score (nSPS) is 11.4. The van der Waals surface area contributed by atoms with E-state index in [9.17, 15) is 19.3 Å². The fourth-order valence-electron chi connectivity index (χ4n) is 11.6. The molecule has 0 saturated heterocycles. The maximum absolute atomic E-state index is 14.3. The summed E-state index contributed by atoms with van der Waals surface area (Å²) in [5.74, 6) is -0.572. The second-order valence-electron chi connectivity index (χ2n) is 19.4. The summed E-state index contributed by atoms with van der Waals surface area (Å²) in [4.78, 5) is 4.53. The largest absolute Gasteiger partial charge is 0.310 e. The maximum Gasteiger partial charge on any atom is 0.123 e. The number of nitrogens with zero attached hydrogens (tertiary/aromatic N) is 6. The van der Waals surface area contributed by atoms with Crippen LogP contribution in [0.2, 0.25) is 0 Å². The summed E-state index contributed by atoms with van der Waals surface area (Å²) in [6.45, 7) is 0. The molecule has 2 aromatic heterocycles. The van der Waals surface area contributed by atoms with E-state index in [-0.39, 0.29) is 11.6 Å². The third-order valence-corrected chi connectivity index (χ3v) is 15.0. The molecule has 0 fully saturated rings. The number of aromatic nitrogens is 2. The molecule has 0 unspecified atom stereocenters. The second-order valence-corrected chi connectivity index (χ2v) is 19.4. The van der Waals surface area contributed by atoms with Gasteiger partial charge in [-0.05, 0) is 180 Å². The molecule has 12 aromatic carbocycles. The van der Waals surface area contributed by atoms with Crippen molar-refractivity contribution in [3.8, 4) is 34.6 Å². The van der Waals surface area contributed by atoms with Gasteiger partial charge in [-0.15, -0.1) is 0 Å². The number of halogens is 2. The molecule has 2 heterocycles. The summed E-state index contributed by atoms with van der Waals surface area (Å²) in [7, 11) is 0. The molecule has 0 spiro atoms. The van der Waals surface area contributed by atoms with Gasteiger partial charge in [0.1, 0.15) is 11.6 Å². The lowest BCUT2D eigenvalue weighted by Crippen LogP contribution is -2.12. The lowest BCUT2D eigenvalue weighted by Gasteiger charge is -2.30. The Morgan fingerprint density at radius 3 is 1.09 bits per heavy atom. The zero-order chi connectivity index (χ0) is 52.4. The fraction of sp³-hybridized carbons (Fsp3) is 0. The predicted octanol–water partition coefficient (Wildman–Crippen LogP) is 18.8. The van der Waals surface area contributed by atoms with Crippen molar-refractivity contribution in [2.45, 2.75) is 0 Å². The summed E-state index contributed by atoms with van der Waals surface area (Å²) in [5.41, 5.74) is 14.6. The molecule has 0 aliphatic heterocycles. The van der Waals surface area contributed by atoms with E-state index in [4.69, 9.17) is 0 Å². The van der Waals surface area contributed by atoms with Crippen LogP contribution in [-0.2, 0) is 0 Å². The SMILES string of the molecule is N#Cc1ccc(N(c2ccc(-c3c4ccccc4c(N(c4ccc(C#N)cc4)c4ccc5c(c4)c4ccccc4n5-c4ccc(F)cc4)c4ccccc34)cc2)c2ccc3c(c2)c2ccccc2n3-c2ccc(F)cc2)cc1. The minimum Gasteiger partial charge on any atom is -0.310 e. The summed E-state index contributed by atoms with van der Waals surface area (Å²) < 4.78 is 32.8. The molecule has 14 rings (SSSR count). The Kier molecular flexibility index (Phi) is 10.9. The molecule has 78 heavy (non-hydrogen) atoms. The van der Waals surface area contributed by atoms with E-state index in [1.807, 2.05) is 91.0 Å². The summed E-state index contributed by atoms with van der Waals surface area (Å²) in [6.07, 6.45) is 0. The summed E-state index contributed by atoms with van der Waals surface area (Å²) in [6, 6.07) is 88.8. The fourth-order valence-corrected chi connectivity index (χ4v) is 11.6. The van der Waals surface area contributed by atoms with Gasteiger partial charge in [-0.25, -0.2) is 8.78 Å². The molecule has 0 amide bonds. The van der Waals surface area contributed by atoms with Crippen molar-refractivity contribution >= 4 is 99.3 Å². The molecule has 0 aliphatic rings. The van der Waals surface area contributed by atoms with Crippen LogP contribution in [-0.4, -0.2) is 9.13 Å². The number of rotatable bonds is 9. The molecule has 6 nitrogen and oxygen atoms in total. The van der Waals surface area contributed by atoms with Crippen molar-refractivity contribution < 1.29 is 8.78 Å². The Morgan fingerprint density at radius 1 is 0.308 bits per heavy atom. The molecule has 14 aromatic rings. The zero-order valence-electron chi connectivity index (χ0n) is 41.7. The molecule has 0 saturated carbocycles. The number of fused-ring (bicyclic) bond motifs is 8. The summed E-state index contributed by atoms with van der Waals surface area (Å²) >= 11 is 0. The molecule has 0 bridgehead atoms. The quantitative estimate of drug-likeness (QED) is 0.135. The van der Waals surface area contributed by atoms with Gasteiger partial charge >= 0.3 is 0 Å². The Bertz CT molecular complexity index is 4700. The van der Waals surface area contributed by atoms with Crippen molar-refractivity contribution in [2.75, 3.05) is 9.80 Å².